The van der Waals surface area contributed by atoms with Crippen molar-refractivity contribution in [3.05, 3.63) is 34.2 Å². The van der Waals surface area contributed by atoms with Gasteiger partial charge in [0.05, 0.1) is 6.42 Å². The standard InChI is InChI=1S/C17H16N2O6/c1-18(2)9-3-4-10-11(8-15(22)23)16(17(24)25-12(10)7-9)19-13(20)5-6-14(19)21/h3-4,7H,5-6,8H2,1-2H3,(H,22,23). The van der Waals surface area contributed by atoms with E-state index in [0.29, 0.717) is 5.39 Å². The van der Waals surface area contributed by atoms with Crippen LogP contribution in [0.15, 0.2) is 27.4 Å². The second-order valence-electron chi connectivity index (χ2n) is 5.98. The molecule has 3 rings (SSSR count). The lowest BCUT2D eigenvalue weighted by Gasteiger charge is -2.18. The zero-order valence-corrected chi connectivity index (χ0v) is 13.7. The van der Waals surface area contributed by atoms with Gasteiger partial charge in [0.25, 0.3) is 0 Å². The van der Waals surface area contributed by atoms with Gasteiger partial charge >= 0.3 is 11.6 Å². The number of hydrogen-bond acceptors (Lipinski definition) is 6. The lowest BCUT2D eigenvalue weighted by Crippen LogP contribution is -2.34. The average Bonchev–Trinajstić information content (AvgIpc) is 2.85. The lowest BCUT2D eigenvalue weighted by molar-refractivity contribution is -0.136. The van der Waals surface area contributed by atoms with E-state index in [4.69, 9.17) is 4.42 Å². The maximum atomic E-state index is 12.5. The van der Waals surface area contributed by atoms with Gasteiger partial charge in [-0.15, -0.1) is 0 Å². The maximum Gasteiger partial charge on any atom is 0.361 e. The number of fused-ring (bicyclic) bond motifs is 1. The van der Waals surface area contributed by atoms with Crippen molar-refractivity contribution in [3.63, 3.8) is 0 Å². The molecule has 1 aromatic carbocycles. The number of amides is 2. The van der Waals surface area contributed by atoms with Crippen molar-refractivity contribution in [3.8, 4) is 0 Å². The molecule has 2 amide bonds. The van der Waals surface area contributed by atoms with Crippen molar-refractivity contribution in [1.29, 1.82) is 0 Å². The summed E-state index contributed by atoms with van der Waals surface area (Å²) >= 11 is 0. The van der Waals surface area contributed by atoms with E-state index in [1.54, 1.807) is 23.1 Å². The van der Waals surface area contributed by atoms with Crippen molar-refractivity contribution in [1.82, 2.24) is 0 Å². The first-order chi connectivity index (χ1) is 11.8. The number of hydrogen-bond donors (Lipinski definition) is 1. The molecule has 1 fully saturated rings. The summed E-state index contributed by atoms with van der Waals surface area (Å²) < 4.78 is 5.29. The summed E-state index contributed by atoms with van der Waals surface area (Å²) in [5.41, 5.74) is -0.121. The highest BCUT2D eigenvalue weighted by molar-refractivity contribution is 6.20. The number of rotatable bonds is 4. The molecule has 0 saturated carbocycles. The molecule has 8 heteroatoms. The Morgan fingerprint density at radius 3 is 2.40 bits per heavy atom. The van der Waals surface area contributed by atoms with E-state index in [-0.39, 0.29) is 29.7 Å². The number of benzene rings is 1. The van der Waals surface area contributed by atoms with Crippen molar-refractivity contribution >= 4 is 40.1 Å². The molecule has 1 aromatic heterocycles. The summed E-state index contributed by atoms with van der Waals surface area (Å²) in [5.74, 6) is -2.25. The van der Waals surface area contributed by atoms with Gasteiger partial charge in [-0.05, 0) is 12.1 Å². The fourth-order valence-electron chi connectivity index (χ4n) is 2.90. The quantitative estimate of drug-likeness (QED) is 0.654. The Morgan fingerprint density at radius 1 is 1.20 bits per heavy atom. The van der Waals surface area contributed by atoms with Crippen LogP contribution in [0.25, 0.3) is 11.0 Å². The fraction of sp³-hybridized carbons (Fsp3) is 0.294. The Bertz CT molecular complexity index is 943. The molecule has 1 aliphatic heterocycles. The van der Waals surface area contributed by atoms with E-state index in [1.165, 1.54) is 0 Å². The largest absolute Gasteiger partial charge is 0.481 e. The second kappa shape index (κ2) is 6.04. The first-order valence-corrected chi connectivity index (χ1v) is 7.64. The molecular weight excluding hydrogens is 328 g/mol. The molecule has 1 saturated heterocycles. The van der Waals surface area contributed by atoms with Crippen LogP contribution in [0, 0.1) is 0 Å². The second-order valence-corrected chi connectivity index (χ2v) is 5.98. The molecular formula is C17H16N2O6. The third kappa shape index (κ3) is 2.86. The molecule has 0 unspecified atom stereocenters. The Balaban J connectivity index is 2.32. The molecule has 0 atom stereocenters. The zero-order chi connectivity index (χ0) is 18.3. The predicted octanol–water partition coefficient (Wildman–Crippen LogP) is 1.14. The number of carboxylic acid groups (broad SMARTS) is 1. The van der Waals surface area contributed by atoms with Crippen LogP contribution < -0.4 is 15.4 Å². The molecule has 0 bridgehead atoms. The predicted molar refractivity (Wildman–Crippen MR) is 89.9 cm³/mol. The summed E-state index contributed by atoms with van der Waals surface area (Å²) in [4.78, 5) is 50.4. The average molecular weight is 344 g/mol. The van der Waals surface area contributed by atoms with Gasteiger partial charge in [0, 0.05) is 49.6 Å². The van der Waals surface area contributed by atoms with E-state index < -0.39 is 29.8 Å². The van der Waals surface area contributed by atoms with Crippen LogP contribution in [0.4, 0.5) is 11.4 Å². The first-order valence-electron chi connectivity index (χ1n) is 7.64. The van der Waals surface area contributed by atoms with Crippen LogP contribution in [0.5, 0.6) is 0 Å². The molecule has 0 spiro atoms. The van der Waals surface area contributed by atoms with E-state index in [2.05, 4.69) is 0 Å². The highest BCUT2D eigenvalue weighted by Gasteiger charge is 2.35. The smallest absolute Gasteiger partial charge is 0.361 e. The topological polar surface area (TPSA) is 108 Å². The summed E-state index contributed by atoms with van der Waals surface area (Å²) in [6, 6.07) is 4.98. The van der Waals surface area contributed by atoms with E-state index in [0.717, 1.165) is 10.6 Å². The summed E-state index contributed by atoms with van der Waals surface area (Å²) in [6.07, 6.45) is -0.527. The third-order valence-corrected chi connectivity index (χ3v) is 4.09. The van der Waals surface area contributed by atoms with Crippen LogP contribution in [0.3, 0.4) is 0 Å². The number of imide groups is 1. The monoisotopic (exact) mass is 344 g/mol. The van der Waals surface area contributed by atoms with Gasteiger partial charge in [0.1, 0.15) is 11.3 Å². The van der Waals surface area contributed by atoms with Gasteiger partial charge in [-0.3, -0.25) is 14.4 Å². The lowest BCUT2D eigenvalue weighted by atomic mass is 10.0. The molecule has 1 N–H and O–H groups in total. The third-order valence-electron chi connectivity index (χ3n) is 4.09. The van der Waals surface area contributed by atoms with Crippen molar-refractivity contribution in [2.45, 2.75) is 19.3 Å². The SMILES string of the molecule is CN(C)c1ccc2c(CC(=O)O)c(N3C(=O)CCC3=O)c(=O)oc2c1. The molecule has 25 heavy (non-hydrogen) atoms. The van der Waals surface area contributed by atoms with Gasteiger partial charge in [0.2, 0.25) is 11.8 Å². The molecule has 1 aliphatic rings. The van der Waals surface area contributed by atoms with Crippen LogP contribution in [-0.4, -0.2) is 37.0 Å². The Hall–Kier alpha value is -3.16. The van der Waals surface area contributed by atoms with E-state index >= 15 is 0 Å². The minimum Gasteiger partial charge on any atom is -0.481 e. The number of nitrogens with zero attached hydrogens (tertiary/aromatic N) is 2. The fourth-order valence-corrected chi connectivity index (χ4v) is 2.90. The molecule has 8 nitrogen and oxygen atoms in total. The maximum absolute atomic E-state index is 12.5. The summed E-state index contributed by atoms with van der Waals surface area (Å²) in [6.45, 7) is 0. The normalized spacial score (nSPS) is 14.4. The van der Waals surface area contributed by atoms with Gasteiger partial charge in [-0.2, -0.15) is 0 Å². The zero-order valence-electron chi connectivity index (χ0n) is 13.7. The molecule has 0 radical (unpaired) electrons. The number of carbonyl (C=O) groups is 3. The first kappa shape index (κ1) is 16.7. The molecule has 2 heterocycles. The number of aliphatic carboxylic acids is 1. The van der Waals surface area contributed by atoms with Gasteiger partial charge < -0.3 is 14.4 Å². The van der Waals surface area contributed by atoms with Crippen LogP contribution in [-0.2, 0) is 20.8 Å². The minimum absolute atomic E-state index is 0.0115. The van der Waals surface area contributed by atoms with Crippen molar-refractivity contribution in [2.75, 3.05) is 23.9 Å². The Morgan fingerprint density at radius 2 is 1.84 bits per heavy atom. The summed E-state index contributed by atoms with van der Waals surface area (Å²) in [7, 11) is 3.63. The van der Waals surface area contributed by atoms with Crippen LogP contribution >= 0.6 is 0 Å². The van der Waals surface area contributed by atoms with Crippen LogP contribution in [0.2, 0.25) is 0 Å². The highest BCUT2D eigenvalue weighted by atomic mass is 16.4. The van der Waals surface area contributed by atoms with E-state index in [9.17, 15) is 24.3 Å². The van der Waals surface area contributed by atoms with Crippen LogP contribution in [0.1, 0.15) is 18.4 Å². The number of carboxylic acids is 1. The number of carbonyl (C=O) groups excluding carboxylic acids is 2. The minimum atomic E-state index is -1.18. The Labute approximate surface area is 142 Å². The van der Waals surface area contributed by atoms with Gasteiger partial charge in [-0.25, -0.2) is 9.69 Å². The molecule has 0 aliphatic carbocycles. The highest BCUT2D eigenvalue weighted by Crippen LogP contribution is 2.31. The number of anilines is 2. The van der Waals surface area contributed by atoms with Crippen molar-refractivity contribution in [2.24, 2.45) is 0 Å². The van der Waals surface area contributed by atoms with Crippen molar-refractivity contribution < 1.29 is 23.9 Å². The van der Waals surface area contributed by atoms with E-state index in [1.807, 2.05) is 14.1 Å². The summed E-state index contributed by atoms with van der Waals surface area (Å²) in [5, 5.41) is 9.61. The molecule has 130 valence electrons. The Kier molecular flexibility index (Phi) is 4.03. The molecule has 2 aromatic rings. The van der Waals surface area contributed by atoms with Gasteiger partial charge in [-0.1, -0.05) is 0 Å². The van der Waals surface area contributed by atoms with Gasteiger partial charge in [0.15, 0.2) is 0 Å².